The summed E-state index contributed by atoms with van der Waals surface area (Å²) in [5.41, 5.74) is 1.46. The molecule has 0 rings (SSSR count). The van der Waals surface area contributed by atoms with Gasteiger partial charge in [-0.3, -0.25) is 0 Å². The van der Waals surface area contributed by atoms with Crippen molar-refractivity contribution in [3.05, 3.63) is 11.1 Å². The molecule has 3 nitrogen and oxygen atoms in total. The molecule has 0 unspecified atom stereocenters. The average Bonchev–Trinajstić information content (AvgIpc) is 2.21. The van der Waals surface area contributed by atoms with Gasteiger partial charge in [-0.25, -0.2) is 4.79 Å². The van der Waals surface area contributed by atoms with E-state index < -0.39 is 14.3 Å². The highest BCUT2D eigenvalue weighted by molar-refractivity contribution is 6.74. The Morgan fingerprint density at radius 2 is 1.78 bits per heavy atom. The van der Waals surface area contributed by atoms with Gasteiger partial charge in [-0.05, 0) is 37.9 Å². The van der Waals surface area contributed by atoms with Gasteiger partial charge >= 0.3 is 5.97 Å². The Kier molecular flexibility index (Phi) is 6.30. The molecule has 0 spiro atoms. The van der Waals surface area contributed by atoms with E-state index in [9.17, 15) is 4.79 Å². The number of rotatable bonds is 6. The summed E-state index contributed by atoms with van der Waals surface area (Å²) in [4.78, 5) is 10.9. The van der Waals surface area contributed by atoms with Crippen molar-refractivity contribution in [2.45, 2.75) is 65.6 Å². The van der Waals surface area contributed by atoms with Gasteiger partial charge in [0.15, 0.2) is 8.32 Å². The highest BCUT2D eigenvalue weighted by Crippen LogP contribution is 2.36. The molecular formula is C14H28O3Si. The second-order valence-corrected chi connectivity index (χ2v) is 11.1. The van der Waals surface area contributed by atoms with Crippen LogP contribution in [-0.4, -0.2) is 26.0 Å². The maximum absolute atomic E-state index is 10.9. The van der Waals surface area contributed by atoms with Crippen molar-refractivity contribution < 1.29 is 14.3 Å². The third kappa shape index (κ3) is 4.94. The number of aliphatic carboxylic acids is 1. The van der Waals surface area contributed by atoms with Gasteiger partial charge in [0.05, 0.1) is 0 Å². The molecule has 0 heterocycles. The van der Waals surface area contributed by atoms with E-state index >= 15 is 0 Å². The van der Waals surface area contributed by atoms with E-state index in [-0.39, 0.29) is 5.04 Å². The monoisotopic (exact) mass is 272 g/mol. The SMILES string of the molecule is CCC(CCO[Si](C)(C)C(C)(C)C)=C(C)C(=O)O. The maximum Gasteiger partial charge on any atom is 0.331 e. The Morgan fingerprint density at radius 1 is 1.28 bits per heavy atom. The van der Waals surface area contributed by atoms with Gasteiger partial charge in [0.2, 0.25) is 0 Å². The summed E-state index contributed by atoms with van der Waals surface area (Å²) < 4.78 is 6.07. The van der Waals surface area contributed by atoms with Crippen molar-refractivity contribution >= 4 is 14.3 Å². The minimum Gasteiger partial charge on any atom is -0.478 e. The normalized spacial score (nSPS) is 14.4. The van der Waals surface area contributed by atoms with Crippen molar-refractivity contribution in [1.82, 2.24) is 0 Å². The summed E-state index contributed by atoms with van der Waals surface area (Å²) in [6.07, 6.45) is 1.50. The fourth-order valence-corrected chi connectivity index (χ4v) is 2.47. The molecule has 106 valence electrons. The van der Waals surface area contributed by atoms with E-state index in [0.29, 0.717) is 12.2 Å². The lowest BCUT2D eigenvalue weighted by Gasteiger charge is -2.36. The maximum atomic E-state index is 10.9. The first kappa shape index (κ1) is 17.4. The van der Waals surface area contributed by atoms with Gasteiger partial charge in [-0.1, -0.05) is 33.3 Å². The third-order valence-corrected chi connectivity index (χ3v) is 8.49. The Hall–Kier alpha value is -0.613. The number of hydrogen-bond acceptors (Lipinski definition) is 2. The zero-order valence-electron chi connectivity index (χ0n) is 12.9. The van der Waals surface area contributed by atoms with Crippen LogP contribution in [0.25, 0.3) is 0 Å². The van der Waals surface area contributed by atoms with Crippen molar-refractivity contribution in [2.24, 2.45) is 0 Å². The molecule has 0 bridgehead atoms. The van der Waals surface area contributed by atoms with Crippen LogP contribution in [0.1, 0.15) is 47.5 Å². The molecule has 0 atom stereocenters. The summed E-state index contributed by atoms with van der Waals surface area (Å²) in [6.45, 7) is 15.3. The van der Waals surface area contributed by atoms with E-state index in [1.54, 1.807) is 6.92 Å². The third-order valence-electron chi connectivity index (χ3n) is 3.95. The minimum absolute atomic E-state index is 0.199. The number of carboxylic acids is 1. The largest absolute Gasteiger partial charge is 0.478 e. The molecule has 4 heteroatoms. The first-order valence-electron chi connectivity index (χ1n) is 6.58. The number of hydrogen-bond donors (Lipinski definition) is 1. The van der Waals surface area contributed by atoms with E-state index in [0.717, 1.165) is 18.4 Å². The van der Waals surface area contributed by atoms with E-state index in [1.807, 2.05) is 6.92 Å². The lowest BCUT2D eigenvalue weighted by Crippen LogP contribution is -2.41. The lowest BCUT2D eigenvalue weighted by atomic mass is 10.0. The van der Waals surface area contributed by atoms with E-state index in [4.69, 9.17) is 9.53 Å². The summed E-state index contributed by atoms with van der Waals surface area (Å²) in [5, 5.41) is 9.18. The topological polar surface area (TPSA) is 46.5 Å². The van der Waals surface area contributed by atoms with Crippen LogP contribution in [0.15, 0.2) is 11.1 Å². The first-order chi connectivity index (χ1) is 8.03. The fraction of sp³-hybridized carbons (Fsp3) is 0.786. The van der Waals surface area contributed by atoms with Gasteiger partial charge in [-0.2, -0.15) is 0 Å². The van der Waals surface area contributed by atoms with Gasteiger partial charge in [0.1, 0.15) is 0 Å². The Labute approximate surface area is 112 Å². The van der Waals surface area contributed by atoms with Crippen LogP contribution in [0.3, 0.4) is 0 Å². The lowest BCUT2D eigenvalue weighted by molar-refractivity contribution is -0.132. The van der Waals surface area contributed by atoms with Crippen LogP contribution in [0.5, 0.6) is 0 Å². The molecule has 0 radical (unpaired) electrons. The minimum atomic E-state index is -1.72. The molecule has 0 amide bonds. The van der Waals surface area contributed by atoms with Gasteiger partial charge < -0.3 is 9.53 Å². The van der Waals surface area contributed by atoms with Crippen molar-refractivity contribution in [1.29, 1.82) is 0 Å². The molecule has 0 aliphatic heterocycles. The molecule has 0 aromatic carbocycles. The zero-order chi connectivity index (χ0) is 14.6. The molecule has 0 aromatic rings. The molecule has 0 saturated heterocycles. The van der Waals surface area contributed by atoms with Crippen LogP contribution < -0.4 is 0 Å². The van der Waals surface area contributed by atoms with Gasteiger partial charge in [0, 0.05) is 12.2 Å². The van der Waals surface area contributed by atoms with Gasteiger partial charge in [0.25, 0.3) is 0 Å². The molecule has 0 fully saturated rings. The van der Waals surface area contributed by atoms with Crippen LogP contribution in [0.2, 0.25) is 18.1 Å². The van der Waals surface area contributed by atoms with E-state index in [2.05, 4.69) is 33.9 Å². The summed E-state index contributed by atoms with van der Waals surface area (Å²) in [7, 11) is -1.72. The molecule has 0 aromatic heterocycles. The summed E-state index contributed by atoms with van der Waals surface area (Å²) >= 11 is 0. The fourth-order valence-electron chi connectivity index (χ4n) is 1.43. The number of carbonyl (C=O) groups is 1. The second kappa shape index (κ2) is 6.52. The van der Waals surface area contributed by atoms with Crippen molar-refractivity contribution in [3.8, 4) is 0 Å². The highest BCUT2D eigenvalue weighted by atomic mass is 28.4. The molecule has 1 N–H and O–H groups in total. The molecule has 0 aliphatic rings. The zero-order valence-corrected chi connectivity index (χ0v) is 13.9. The molecule has 0 saturated carbocycles. The first-order valence-corrected chi connectivity index (χ1v) is 9.49. The molecular weight excluding hydrogens is 244 g/mol. The van der Waals surface area contributed by atoms with Crippen molar-refractivity contribution in [3.63, 3.8) is 0 Å². The van der Waals surface area contributed by atoms with Gasteiger partial charge in [-0.15, -0.1) is 0 Å². The smallest absolute Gasteiger partial charge is 0.331 e. The predicted molar refractivity (Wildman–Crippen MR) is 78.4 cm³/mol. The highest BCUT2D eigenvalue weighted by Gasteiger charge is 2.36. The standard InChI is InChI=1S/C14H28O3Si/c1-8-12(11(2)13(15)16)9-10-17-18(6,7)14(3,4)5/h8-10H2,1-7H3,(H,15,16). The van der Waals surface area contributed by atoms with Crippen LogP contribution in [0, 0.1) is 0 Å². The van der Waals surface area contributed by atoms with Crippen LogP contribution >= 0.6 is 0 Å². The average molecular weight is 272 g/mol. The van der Waals surface area contributed by atoms with Crippen LogP contribution in [-0.2, 0) is 9.22 Å². The summed E-state index contributed by atoms with van der Waals surface area (Å²) in [5.74, 6) is -0.820. The summed E-state index contributed by atoms with van der Waals surface area (Å²) in [6, 6.07) is 0. The number of carboxylic acid groups (broad SMARTS) is 1. The molecule has 0 aliphatic carbocycles. The Morgan fingerprint density at radius 3 is 2.11 bits per heavy atom. The van der Waals surface area contributed by atoms with Crippen LogP contribution in [0.4, 0.5) is 0 Å². The Bertz CT molecular complexity index is 324. The Balaban J connectivity index is 4.52. The second-order valence-electron chi connectivity index (χ2n) is 6.25. The van der Waals surface area contributed by atoms with E-state index in [1.165, 1.54) is 0 Å². The predicted octanol–water partition coefficient (Wildman–Crippen LogP) is 4.21. The molecule has 18 heavy (non-hydrogen) atoms. The quantitative estimate of drug-likeness (QED) is 0.582. The van der Waals surface area contributed by atoms with Crippen molar-refractivity contribution in [2.75, 3.05) is 6.61 Å².